The Morgan fingerprint density at radius 1 is 1.00 bits per heavy atom. The van der Waals surface area contributed by atoms with Crippen molar-refractivity contribution in [3.8, 4) is 5.75 Å². The van der Waals surface area contributed by atoms with E-state index >= 15 is 0 Å². The van der Waals surface area contributed by atoms with Crippen LogP contribution >= 0.6 is 0 Å². The molecule has 0 saturated carbocycles. The van der Waals surface area contributed by atoms with Crippen LogP contribution in [0, 0.1) is 0 Å². The van der Waals surface area contributed by atoms with Gasteiger partial charge in [-0.05, 0) is 28.8 Å². The number of rotatable bonds is 8. The van der Waals surface area contributed by atoms with Crippen molar-refractivity contribution in [3.05, 3.63) is 114 Å². The third-order valence-electron chi connectivity index (χ3n) is 4.32. The molecule has 3 aromatic rings. The van der Waals surface area contributed by atoms with Crippen LogP contribution in [0.2, 0.25) is 0 Å². The van der Waals surface area contributed by atoms with E-state index in [-0.39, 0.29) is 0 Å². The highest BCUT2D eigenvalue weighted by atomic mass is 16.5. The second-order valence-corrected chi connectivity index (χ2v) is 6.31. The first kappa shape index (κ1) is 20.0. The molecule has 0 spiro atoms. The minimum Gasteiger partial charge on any atom is -0.490 e. The van der Waals surface area contributed by atoms with Gasteiger partial charge in [0.25, 0.3) is 5.91 Å². The summed E-state index contributed by atoms with van der Waals surface area (Å²) in [6.07, 6.45) is 3.16. The maximum Gasteiger partial charge on any atom is 0.281 e. The molecule has 0 atom stereocenters. The highest BCUT2D eigenvalue weighted by molar-refractivity contribution is 5.91. The Balaban J connectivity index is 1.81. The van der Waals surface area contributed by atoms with E-state index in [0.717, 1.165) is 5.56 Å². The van der Waals surface area contributed by atoms with Crippen molar-refractivity contribution in [1.82, 2.24) is 5.43 Å². The fraction of sp³-hybridized carbons (Fsp3) is 0.0833. The van der Waals surface area contributed by atoms with Gasteiger partial charge < -0.3 is 9.84 Å². The highest BCUT2D eigenvalue weighted by Crippen LogP contribution is 2.29. The largest absolute Gasteiger partial charge is 0.490 e. The Morgan fingerprint density at radius 2 is 1.62 bits per heavy atom. The second kappa shape index (κ2) is 9.48. The molecule has 0 unspecified atom stereocenters. The maximum atomic E-state index is 13.0. The third-order valence-corrected chi connectivity index (χ3v) is 4.32. The standard InChI is InChI=1S/C24H22N2O3/c1-2-16-29-22-15-9-10-19(17-22)18-25-26-23(27)24(28,20-11-5-3-6-12-20)21-13-7-4-8-14-21/h2-15,17-18,28H,1,16H2,(H,26,27)/b25-18-. The lowest BCUT2D eigenvalue weighted by molar-refractivity contribution is -0.136. The average Bonchev–Trinajstić information content (AvgIpc) is 2.78. The van der Waals surface area contributed by atoms with Crippen molar-refractivity contribution in [2.75, 3.05) is 6.61 Å². The molecule has 0 aromatic heterocycles. The lowest BCUT2D eigenvalue weighted by Crippen LogP contribution is -2.43. The molecule has 5 nitrogen and oxygen atoms in total. The number of nitrogens with one attached hydrogen (secondary N) is 1. The topological polar surface area (TPSA) is 70.9 Å². The summed E-state index contributed by atoms with van der Waals surface area (Å²) >= 11 is 0. The SMILES string of the molecule is C=CCOc1cccc(/C=N\NC(=O)C(O)(c2ccccc2)c2ccccc2)c1. The summed E-state index contributed by atoms with van der Waals surface area (Å²) in [6, 6.07) is 24.8. The lowest BCUT2D eigenvalue weighted by Gasteiger charge is -2.27. The van der Waals surface area contributed by atoms with E-state index in [1.807, 2.05) is 30.3 Å². The molecule has 146 valence electrons. The zero-order chi connectivity index (χ0) is 20.5. The van der Waals surface area contributed by atoms with E-state index in [0.29, 0.717) is 23.5 Å². The maximum absolute atomic E-state index is 13.0. The summed E-state index contributed by atoms with van der Waals surface area (Å²) in [5.41, 5.74) is 2.25. The van der Waals surface area contributed by atoms with Crippen molar-refractivity contribution in [3.63, 3.8) is 0 Å². The summed E-state index contributed by atoms with van der Waals surface area (Å²) in [7, 11) is 0. The number of nitrogens with zero attached hydrogens (tertiary/aromatic N) is 1. The normalized spacial score (nSPS) is 11.2. The summed E-state index contributed by atoms with van der Waals surface area (Å²) in [5, 5.41) is 15.4. The molecule has 0 aliphatic rings. The van der Waals surface area contributed by atoms with Gasteiger partial charge in [-0.1, -0.05) is 85.5 Å². The van der Waals surface area contributed by atoms with E-state index in [1.54, 1.807) is 60.7 Å². The molecule has 0 saturated heterocycles. The summed E-state index contributed by atoms with van der Waals surface area (Å²) < 4.78 is 5.49. The van der Waals surface area contributed by atoms with E-state index in [1.165, 1.54) is 6.21 Å². The van der Waals surface area contributed by atoms with Crippen LogP contribution in [0.1, 0.15) is 16.7 Å². The minimum atomic E-state index is -1.87. The Kier molecular flexibility index (Phi) is 6.55. The zero-order valence-corrected chi connectivity index (χ0v) is 15.9. The van der Waals surface area contributed by atoms with E-state index < -0.39 is 11.5 Å². The summed E-state index contributed by atoms with van der Waals surface area (Å²) in [5.74, 6) is 0.0236. The quantitative estimate of drug-likeness (QED) is 0.353. The molecule has 3 aromatic carbocycles. The number of hydrogen-bond donors (Lipinski definition) is 2. The number of benzene rings is 3. The molecule has 0 heterocycles. The van der Waals surface area contributed by atoms with Gasteiger partial charge in [-0.25, -0.2) is 5.43 Å². The van der Waals surface area contributed by atoms with Crippen molar-refractivity contribution < 1.29 is 14.6 Å². The van der Waals surface area contributed by atoms with Gasteiger partial charge >= 0.3 is 0 Å². The van der Waals surface area contributed by atoms with Gasteiger partial charge in [0, 0.05) is 0 Å². The number of carbonyl (C=O) groups is 1. The van der Waals surface area contributed by atoms with Crippen LogP contribution in [-0.2, 0) is 10.4 Å². The molecular formula is C24H22N2O3. The molecule has 0 aliphatic carbocycles. The van der Waals surface area contributed by atoms with Crippen LogP contribution in [0.4, 0.5) is 0 Å². The average molecular weight is 386 g/mol. The molecule has 0 fully saturated rings. The lowest BCUT2D eigenvalue weighted by atomic mass is 9.85. The molecule has 5 heteroatoms. The van der Waals surface area contributed by atoms with Gasteiger partial charge in [-0.3, -0.25) is 4.79 Å². The Hall–Kier alpha value is -3.70. The van der Waals surface area contributed by atoms with Crippen LogP contribution in [0.25, 0.3) is 0 Å². The molecule has 0 bridgehead atoms. The summed E-state index contributed by atoms with van der Waals surface area (Å²) in [4.78, 5) is 13.0. The van der Waals surface area contributed by atoms with Gasteiger partial charge in [0.1, 0.15) is 12.4 Å². The Labute approximate surface area is 170 Å². The first-order valence-electron chi connectivity index (χ1n) is 9.15. The van der Waals surface area contributed by atoms with E-state index in [2.05, 4.69) is 17.1 Å². The van der Waals surface area contributed by atoms with Crippen LogP contribution in [0.15, 0.2) is 103 Å². The van der Waals surface area contributed by atoms with Gasteiger partial charge in [-0.15, -0.1) is 0 Å². The number of hydrogen-bond acceptors (Lipinski definition) is 4. The molecular weight excluding hydrogens is 364 g/mol. The first-order valence-corrected chi connectivity index (χ1v) is 9.15. The number of hydrazone groups is 1. The van der Waals surface area contributed by atoms with Crippen LogP contribution in [-0.4, -0.2) is 23.8 Å². The van der Waals surface area contributed by atoms with Crippen molar-refractivity contribution in [2.24, 2.45) is 5.10 Å². The third kappa shape index (κ3) is 4.78. The van der Waals surface area contributed by atoms with E-state index in [4.69, 9.17) is 4.74 Å². The van der Waals surface area contributed by atoms with Crippen LogP contribution in [0.5, 0.6) is 5.75 Å². The Bertz CT molecular complexity index is 946. The molecule has 29 heavy (non-hydrogen) atoms. The molecule has 3 rings (SSSR count). The minimum absolute atomic E-state index is 0.401. The van der Waals surface area contributed by atoms with Gasteiger partial charge in [-0.2, -0.15) is 5.10 Å². The zero-order valence-electron chi connectivity index (χ0n) is 15.9. The monoisotopic (exact) mass is 386 g/mol. The molecule has 1 amide bonds. The highest BCUT2D eigenvalue weighted by Gasteiger charge is 2.39. The first-order chi connectivity index (χ1) is 14.1. The molecule has 0 aliphatic heterocycles. The number of carbonyl (C=O) groups excluding carboxylic acids is 1. The fourth-order valence-corrected chi connectivity index (χ4v) is 2.87. The molecule has 2 N–H and O–H groups in total. The smallest absolute Gasteiger partial charge is 0.281 e. The van der Waals surface area contributed by atoms with E-state index in [9.17, 15) is 9.90 Å². The summed E-state index contributed by atoms with van der Waals surface area (Å²) in [6.45, 7) is 4.02. The van der Waals surface area contributed by atoms with Gasteiger partial charge in [0.05, 0.1) is 6.21 Å². The van der Waals surface area contributed by atoms with Gasteiger partial charge in [0.15, 0.2) is 5.60 Å². The van der Waals surface area contributed by atoms with Crippen molar-refractivity contribution >= 4 is 12.1 Å². The van der Waals surface area contributed by atoms with Crippen LogP contribution < -0.4 is 10.2 Å². The van der Waals surface area contributed by atoms with Crippen molar-refractivity contribution in [2.45, 2.75) is 5.60 Å². The van der Waals surface area contributed by atoms with Gasteiger partial charge in [0.2, 0.25) is 0 Å². The second-order valence-electron chi connectivity index (χ2n) is 6.31. The van der Waals surface area contributed by atoms with Crippen LogP contribution in [0.3, 0.4) is 0 Å². The molecule has 0 radical (unpaired) electrons. The number of amides is 1. The Morgan fingerprint density at radius 3 is 2.21 bits per heavy atom. The predicted molar refractivity (Wildman–Crippen MR) is 114 cm³/mol. The predicted octanol–water partition coefficient (Wildman–Crippen LogP) is 3.64. The number of aliphatic hydroxyl groups is 1. The van der Waals surface area contributed by atoms with Crippen molar-refractivity contribution in [1.29, 1.82) is 0 Å². The fourth-order valence-electron chi connectivity index (χ4n) is 2.87. The number of ether oxygens (including phenoxy) is 1.